The Bertz CT molecular complexity index is 799. The quantitative estimate of drug-likeness (QED) is 0.682. The Morgan fingerprint density at radius 2 is 1.86 bits per heavy atom. The van der Waals surface area contributed by atoms with Gasteiger partial charge in [0, 0.05) is 15.6 Å². The predicted octanol–water partition coefficient (Wildman–Crippen LogP) is 5.15. The first-order valence-electron chi connectivity index (χ1n) is 6.04. The number of hydrogen-bond donors (Lipinski definition) is 1. The maximum Gasteiger partial charge on any atom is 0.230 e. The van der Waals surface area contributed by atoms with Gasteiger partial charge in [0.15, 0.2) is 0 Å². The molecule has 1 aromatic heterocycles. The van der Waals surface area contributed by atoms with E-state index in [4.69, 9.17) is 21.9 Å². The highest BCUT2D eigenvalue weighted by Gasteiger charge is 2.23. The smallest absolute Gasteiger partial charge is 0.230 e. The monoisotopic (exact) mass is 366 g/mol. The molecule has 106 valence electrons. The van der Waals surface area contributed by atoms with E-state index >= 15 is 0 Å². The molecule has 0 aliphatic heterocycles. The lowest BCUT2D eigenvalue weighted by Crippen LogP contribution is -1.92. The molecule has 0 aliphatic carbocycles. The number of hydrogen-bond acceptors (Lipinski definition) is 3. The molecule has 0 saturated heterocycles. The Labute approximate surface area is 133 Å². The Balaban J connectivity index is 2.31. The van der Waals surface area contributed by atoms with Crippen LogP contribution in [-0.2, 0) is 0 Å². The lowest BCUT2D eigenvalue weighted by Gasteiger charge is -2.07. The summed E-state index contributed by atoms with van der Waals surface area (Å²) < 4.78 is 20.0. The van der Waals surface area contributed by atoms with Crippen molar-refractivity contribution in [1.82, 2.24) is 5.16 Å². The summed E-state index contributed by atoms with van der Waals surface area (Å²) in [4.78, 5) is 0. The van der Waals surface area contributed by atoms with E-state index in [1.165, 1.54) is 12.1 Å². The Morgan fingerprint density at radius 1 is 1.10 bits per heavy atom. The first kappa shape index (κ1) is 14.1. The summed E-state index contributed by atoms with van der Waals surface area (Å²) in [5.41, 5.74) is 7.54. The van der Waals surface area contributed by atoms with Gasteiger partial charge in [0.25, 0.3) is 0 Å². The van der Waals surface area contributed by atoms with Crippen molar-refractivity contribution in [1.29, 1.82) is 0 Å². The second-order valence-corrected chi connectivity index (χ2v) is 5.61. The van der Waals surface area contributed by atoms with E-state index < -0.39 is 5.82 Å². The number of nitrogens with two attached hydrogens (primary N) is 1. The van der Waals surface area contributed by atoms with Crippen molar-refractivity contribution in [3.05, 3.63) is 57.8 Å². The standard InChI is InChI=1S/C15H9BrClFN2O/c16-9-5-2-1-4-8(9)14-13(15(19)21-20-14)12-10(17)6-3-7-11(12)18/h1-7H,19H2. The first-order valence-corrected chi connectivity index (χ1v) is 7.21. The molecule has 0 fully saturated rings. The second kappa shape index (κ2) is 5.50. The lowest BCUT2D eigenvalue weighted by molar-refractivity contribution is 0.439. The van der Waals surface area contributed by atoms with Crippen LogP contribution in [0.5, 0.6) is 0 Å². The van der Waals surface area contributed by atoms with Crippen LogP contribution in [0.15, 0.2) is 51.5 Å². The maximum atomic E-state index is 14.2. The zero-order valence-electron chi connectivity index (χ0n) is 10.6. The number of nitrogen functional groups attached to an aromatic ring is 1. The van der Waals surface area contributed by atoms with Gasteiger partial charge in [-0.05, 0) is 18.2 Å². The molecular formula is C15H9BrClFN2O. The Hall–Kier alpha value is -1.85. The zero-order chi connectivity index (χ0) is 15.0. The van der Waals surface area contributed by atoms with Gasteiger partial charge in [-0.25, -0.2) is 4.39 Å². The van der Waals surface area contributed by atoms with Crippen LogP contribution >= 0.6 is 27.5 Å². The van der Waals surface area contributed by atoms with Crippen LogP contribution in [0.4, 0.5) is 10.3 Å². The molecule has 0 unspecified atom stereocenters. The molecule has 0 aliphatic rings. The molecule has 3 rings (SSSR count). The molecule has 2 aromatic carbocycles. The van der Waals surface area contributed by atoms with Crippen molar-refractivity contribution >= 4 is 33.4 Å². The lowest BCUT2D eigenvalue weighted by atomic mass is 10.0. The molecule has 0 spiro atoms. The zero-order valence-corrected chi connectivity index (χ0v) is 13.0. The van der Waals surface area contributed by atoms with Gasteiger partial charge in [-0.1, -0.05) is 57.0 Å². The molecule has 0 amide bonds. The fraction of sp³-hybridized carbons (Fsp3) is 0. The molecule has 0 atom stereocenters. The van der Waals surface area contributed by atoms with Gasteiger partial charge in [-0.2, -0.15) is 0 Å². The highest BCUT2D eigenvalue weighted by molar-refractivity contribution is 9.10. The molecule has 0 radical (unpaired) electrons. The molecule has 21 heavy (non-hydrogen) atoms. The Kier molecular flexibility index (Phi) is 3.69. The van der Waals surface area contributed by atoms with E-state index in [0.29, 0.717) is 11.3 Å². The van der Waals surface area contributed by atoms with Crippen LogP contribution in [0.3, 0.4) is 0 Å². The van der Waals surface area contributed by atoms with Crippen molar-refractivity contribution in [3.63, 3.8) is 0 Å². The number of halogens is 3. The molecule has 0 saturated carbocycles. The van der Waals surface area contributed by atoms with Crippen LogP contribution in [-0.4, -0.2) is 5.16 Å². The minimum absolute atomic E-state index is 0.0211. The summed E-state index contributed by atoms with van der Waals surface area (Å²) in [6.45, 7) is 0. The van der Waals surface area contributed by atoms with E-state index in [1.807, 2.05) is 24.3 Å². The van der Waals surface area contributed by atoms with E-state index in [1.54, 1.807) is 6.07 Å². The molecule has 3 nitrogen and oxygen atoms in total. The minimum atomic E-state index is -0.481. The fourth-order valence-corrected chi connectivity index (χ4v) is 2.85. The molecule has 0 bridgehead atoms. The predicted molar refractivity (Wildman–Crippen MR) is 84.5 cm³/mol. The van der Waals surface area contributed by atoms with Crippen LogP contribution < -0.4 is 5.73 Å². The fourth-order valence-electron chi connectivity index (χ4n) is 2.12. The largest absolute Gasteiger partial charge is 0.367 e. The number of nitrogens with zero attached hydrogens (tertiary/aromatic N) is 1. The van der Waals surface area contributed by atoms with Crippen molar-refractivity contribution < 1.29 is 8.91 Å². The molecular weight excluding hydrogens is 359 g/mol. The summed E-state index contributed by atoms with van der Waals surface area (Å²) in [7, 11) is 0. The van der Waals surface area contributed by atoms with Gasteiger partial charge in [0.2, 0.25) is 5.88 Å². The average molecular weight is 368 g/mol. The molecule has 6 heteroatoms. The van der Waals surface area contributed by atoms with E-state index in [9.17, 15) is 4.39 Å². The van der Waals surface area contributed by atoms with Gasteiger partial charge in [0.05, 0.1) is 10.6 Å². The normalized spacial score (nSPS) is 10.8. The third-order valence-electron chi connectivity index (χ3n) is 3.06. The van der Waals surface area contributed by atoms with E-state index in [2.05, 4.69) is 21.1 Å². The number of aromatic nitrogens is 1. The van der Waals surface area contributed by atoms with Crippen LogP contribution in [0.25, 0.3) is 22.4 Å². The average Bonchev–Trinajstić information content (AvgIpc) is 2.81. The summed E-state index contributed by atoms with van der Waals surface area (Å²) in [5.74, 6) is -0.460. The summed E-state index contributed by atoms with van der Waals surface area (Å²) in [6.07, 6.45) is 0. The third kappa shape index (κ3) is 2.43. The van der Waals surface area contributed by atoms with Crippen molar-refractivity contribution in [2.75, 3.05) is 5.73 Å². The van der Waals surface area contributed by atoms with Gasteiger partial charge < -0.3 is 10.3 Å². The number of rotatable bonds is 2. The highest BCUT2D eigenvalue weighted by Crippen LogP contribution is 2.42. The minimum Gasteiger partial charge on any atom is -0.367 e. The number of benzene rings is 2. The molecule has 1 heterocycles. The summed E-state index contributed by atoms with van der Waals surface area (Å²) in [5, 5.41) is 4.20. The Morgan fingerprint density at radius 3 is 2.57 bits per heavy atom. The topological polar surface area (TPSA) is 52.0 Å². The molecule has 2 N–H and O–H groups in total. The maximum absolute atomic E-state index is 14.2. The SMILES string of the molecule is Nc1onc(-c2ccccc2Br)c1-c1c(F)cccc1Cl. The second-order valence-electron chi connectivity index (χ2n) is 4.35. The van der Waals surface area contributed by atoms with Gasteiger partial charge in [-0.15, -0.1) is 0 Å². The van der Waals surface area contributed by atoms with Gasteiger partial charge in [-0.3, -0.25) is 0 Å². The molecule has 3 aromatic rings. The van der Waals surface area contributed by atoms with Crippen molar-refractivity contribution in [2.24, 2.45) is 0 Å². The van der Waals surface area contributed by atoms with E-state index in [0.717, 1.165) is 10.0 Å². The van der Waals surface area contributed by atoms with Crippen LogP contribution in [0.1, 0.15) is 0 Å². The van der Waals surface area contributed by atoms with E-state index in [-0.39, 0.29) is 16.5 Å². The highest BCUT2D eigenvalue weighted by atomic mass is 79.9. The van der Waals surface area contributed by atoms with Crippen LogP contribution in [0.2, 0.25) is 5.02 Å². The summed E-state index contributed by atoms with van der Waals surface area (Å²) in [6, 6.07) is 11.8. The van der Waals surface area contributed by atoms with Crippen molar-refractivity contribution in [2.45, 2.75) is 0 Å². The third-order valence-corrected chi connectivity index (χ3v) is 4.07. The van der Waals surface area contributed by atoms with Crippen LogP contribution in [0, 0.1) is 5.82 Å². The number of anilines is 1. The first-order chi connectivity index (χ1) is 10.1. The van der Waals surface area contributed by atoms with Crippen molar-refractivity contribution in [3.8, 4) is 22.4 Å². The van der Waals surface area contributed by atoms with Gasteiger partial charge in [0.1, 0.15) is 11.5 Å². The van der Waals surface area contributed by atoms with Gasteiger partial charge >= 0.3 is 0 Å². The summed E-state index contributed by atoms with van der Waals surface area (Å²) >= 11 is 9.55.